The SMILES string of the molecule is Cc1cc(C)c(C2=CCN(Cc3ccccc3)CC2)c(C)c1. The van der Waals surface area contributed by atoms with Crippen molar-refractivity contribution in [2.24, 2.45) is 0 Å². The van der Waals surface area contributed by atoms with E-state index in [0.29, 0.717) is 0 Å². The third-order valence-corrected chi connectivity index (χ3v) is 4.54. The normalized spacial score (nSPS) is 15.7. The smallest absolute Gasteiger partial charge is 0.0237 e. The first-order valence-electron chi connectivity index (χ1n) is 8.17. The van der Waals surface area contributed by atoms with Crippen LogP contribution in [0.1, 0.15) is 34.2 Å². The second-order valence-corrected chi connectivity index (χ2v) is 6.47. The lowest BCUT2D eigenvalue weighted by Crippen LogP contribution is -2.28. The fraction of sp³-hybridized carbons (Fsp3) is 0.333. The average molecular weight is 291 g/mol. The molecular weight excluding hydrogens is 266 g/mol. The standard InChI is InChI=1S/C21H25N/c1-16-13-17(2)21(18(3)14-16)20-9-11-22(12-10-20)15-19-7-5-4-6-8-19/h4-9,13-14H,10-12,15H2,1-3H3. The third-order valence-electron chi connectivity index (χ3n) is 4.54. The van der Waals surface area contributed by atoms with Crippen LogP contribution in [0.4, 0.5) is 0 Å². The molecule has 0 saturated heterocycles. The molecule has 0 aliphatic carbocycles. The summed E-state index contributed by atoms with van der Waals surface area (Å²) in [6.45, 7) is 9.92. The van der Waals surface area contributed by atoms with E-state index in [1.54, 1.807) is 0 Å². The number of hydrogen-bond donors (Lipinski definition) is 0. The lowest BCUT2D eigenvalue weighted by Gasteiger charge is -2.27. The van der Waals surface area contributed by atoms with Crippen LogP contribution in [0, 0.1) is 20.8 Å². The van der Waals surface area contributed by atoms with Crippen molar-refractivity contribution < 1.29 is 0 Å². The van der Waals surface area contributed by atoms with Gasteiger partial charge in [-0.15, -0.1) is 0 Å². The number of nitrogens with zero attached hydrogens (tertiary/aromatic N) is 1. The van der Waals surface area contributed by atoms with E-state index in [2.05, 4.69) is 74.2 Å². The van der Waals surface area contributed by atoms with Crippen molar-refractivity contribution in [2.45, 2.75) is 33.7 Å². The molecule has 1 heterocycles. The molecule has 1 aliphatic rings. The Kier molecular flexibility index (Phi) is 4.44. The minimum absolute atomic E-state index is 1.05. The van der Waals surface area contributed by atoms with Gasteiger partial charge in [0.2, 0.25) is 0 Å². The molecule has 0 radical (unpaired) electrons. The Morgan fingerprint density at radius 1 is 0.955 bits per heavy atom. The van der Waals surface area contributed by atoms with Gasteiger partial charge in [0.1, 0.15) is 0 Å². The fourth-order valence-electron chi connectivity index (χ4n) is 3.61. The Labute approximate surface area is 134 Å². The van der Waals surface area contributed by atoms with Crippen LogP contribution in [0.25, 0.3) is 5.57 Å². The highest BCUT2D eigenvalue weighted by Crippen LogP contribution is 2.29. The maximum absolute atomic E-state index is 2.53. The minimum Gasteiger partial charge on any atom is -0.295 e. The van der Waals surface area contributed by atoms with Gasteiger partial charge in [0, 0.05) is 19.6 Å². The van der Waals surface area contributed by atoms with E-state index in [0.717, 1.165) is 26.1 Å². The summed E-state index contributed by atoms with van der Waals surface area (Å²) in [6.07, 6.45) is 3.58. The maximum Gasteiger partial charge on any atom is 0.0237 e. The molecule has 1 nitrogen and oxygen atoms in total. The van der Waals surface area contributed by atoms with E-state index in [1.165, 1.54) is 33.4 Å². The molecule has 1 heteroatoms. The number of rotatable bonds is 3. The van der Waals surface area contributed by atoms with Gasteiger partial charge in [0.15, 0.2) is 0 Å². The Morgan fingerprint density at radius 3 is 2.23 bits per heavy atom. The van der Waals surface area contributed by atoms with Crippen LogP contribution < -0.4 is 0 Å². The van der Waals surface area contributed by atoms with Gasteiger partial charge in [-0.2, -0.15) is 0 Å². The van der Waals surface area contributed by atoms with Crippen LogP contribution >= 0.6 is 0 Å². The molecular formula is C21H25N. The molecule has 2 aromatic rings. The van der Waals surface area contributed by atoms with Crippen molar-refractivity contribution in [2.75, 3.05) is 13.1 Å². The van der Waals surface area contributed by atoms with Gasteiger partial charge in [0.05, 0.1) is 0 Å². The van der Waals surface area contributed by atoms with E-state index in [4.69, 9.17) is 0 Å². The van der Waals surface area contributed by atoms with Crippen LogP contribution in [0.5, 0.6) is 0 Å². The van der Waals surface area contributed by atoms with Gasteiger partial charge >= 0.3 is 0 Å². The number of benzene rings is 2. The summed E-state index contributed by atoms with van der Waals surface area (Å²) in [5.74, 6) is 0. The molecule has 0 spiro atoms. The lowest BCUT2D eigenvalue weighted by molar-refractivity contribution is 0.294. The van der Waals surface area contributed by atoms with Gasteiger partial charge in [-0.1, -0.05) is 54.1 Å². The van der Waals surface area contributed by atoms with Crippen molar-refractivity contribution >= 4 is 5.57 Å². The highest BCUT2D eigenvalue weighted by molar-refractivity contribution is 5.72. The zero-order valence-electron chi connectivity index (χ0n) is 13.9. The quantitative estimate of drug-likeness (QED) is 0.777. The molecule has 0 atom stereocenters. The van der Waals surface area contributed by atoms with E-state index in [9.17, 15) is 0 Å². The van der Waals surface area contributed by atoms with Crippen LogP contribution in [0.15, 0.2) is 48.5 Å². The summed E-state index contributed by atoms with van der Waals surface area (Å²) >= 11 is 0. The second-order valence-electron chi connectivity index (χ2n) is 6.47. The second kappa shape index (κ2) is 6.50. The Bertz CT molecular complexity index is 659. The average Bonchev–Trinajstić information content (AvgIpc) is 2.49. The molecule has 2 aromatic carbocycles. The number of hydrogen-bond acceptors (Lipinski definition) is 1. The summed E-state index contributed by atoms with van der Waals surface area (Å²) in [5.41, 5.74) is 8.60. The van der Waals surface area contributed by atoms with Crippen molar-refractivity contribution in [3.63, 3.8) is 0 Å². The monoisotopic (exact) mass is 291 g/mol. The minimum atomic E-state index is 1.05. The third kappa shape index (κ3) is 3.31. The molecule has 0 amide bonds. The van der Waals surface area contributed by atoms with Gasteiger partial charge in [-0.3, -0.25) is 4.90 Å². The molecule has 0 saturated carbocycles. The van der Waals surface area contributed by atoms with Crippen LogP contribution in [-0.2, 0) is 6.54 Å². The first-order valence-corrected chi connectivity index (χ1v) is 8.17. The summed E-state index contributed by atoms with van der Waals surface area (Å²) in [5, 5.41) is 0. The van der Waals surface area contributed by atoms with Gasteiger partial charge < -0.3 is 0 Å². The van der Waals surface area contributed by atoms with Gasteiger partial charge in [0.25, 0.3) is 0 Å². The molecule has 0 unspecified atom stereocenters. The summed E-state index contributed by atoms with van der Waals surface area (Å²) in [4.78, 5) is 2.53. The zero-order valence-corrected chi connectivity index (χ0v) is 13.9. The molecule has 0 fully saturated rings. The summed E-state index contributed by atoms with van der Waals surface area (Å²) in [7, 11) is 0. The van der Waals surface area contributed by atoms with E-state index in [-0.39, 0.29) is 0 Å². The van der Waals surface area contributed by atoms with E-state index >= 15 is 0 Å². The predicted molar refractivity (Wildman–Crippen MR) is 95.0 cm³/mol. The van der Waals surface area contributed by atoms with E-state index in [1.807, 2.05) is 0 Å². The van der Waals surface area contributed by atoms with Crippen molar-refractivity contribution in [1.29, 1.82) is 0 Å². The molecule has 0 aromatic heterocycles. The maximum atomic E-state index is 2.53. The summed E-state index contributed by atoms with van der Waals surface area (Å²) in [6, 6.07) is 15.4. The number of aryl methyl sites for hydroxylation is 3. The fourth-order valence-corrected chi connectivity index (χ4v) is 3.61. The Balaban J connectivity index is 1.74. The Hall–Kier alpha value is -1.86. The van der Waals surface area contributed by atoms with Crippen LogP contribution in [0.2, 0.25) is 0 Å². The first kappa shape index (κ1) is 15.1. The largest absolute Gasteiger partial charge is 0.295 e. The lowest BCUT2D eigenvalue weighted by atomic mass is 9.90. The molecule has 1 aliphatic heterocycles. The molecule has 0 bridgehead atoms. The topological polar surface area (TPSA) is 3.24 Å². The highest BCUT2D eigenvalue weighted by atomic mass is 15.1. The van der Waals surface area contributed by atoms with Gasteiger partial charge in [-0.05, 0) is 55.0 Å². The molecule has 0 N–H and O–H groups in total. The van der Waals surface area contributed by atoms with Crippen LogP contribution in [-0.4, -0.2) is 18.0 Å². The van der Waals surface area contributed by atoms with Gasteiger partial charge in [-0.25, -0.2) is 0 Å². The summed E-state index contributed by atoms with van der Waals surface area (Å²) < 4.78 is 0. The molecule has 3 rings (SSSR count). The molecule has 114 valence electrons. The van der Waals surface area contributed by atoms with E-state index < -0.39 is 0 Å². The Morgan fingerprint density at radius 2 is 1.64 bits per heavy atom. The highest BCUT2D eigenvalue weighted by Gasteiger charge is 2.16. The zero-order chi connectivity index (χ0) is 15.5. The first-order chi connectivity index (χ1) is 10.6. The molecule has 22 heavy (non-hydrogen) atoms. The predicted octanol–water partition coefficient (Wildman–Crippen LogP) is 4.90. The van der Waals surface area contributed by atoms with Crippen molar-refractivity contribution in [1.82, 2.24) is 4.90 Å². The van der Waals surface area contributed by atoms with Crippen molar-refractivity contribution in [3.05, 3.63) is 76.4 Å². The van der Waals surface area contributed by atoms with Crippen molar-refractivity contribution in [3.8, 4) is 0 Å². The van der Waals surface area contributed by atoms with Crippen LogP contribution in [0.3, 0.4) is 0 Å².